The highest BCUT2D eigenvalue weighted by Crippen LogP contribution is 2.50. The van der Waals surface area contributed by atoms with Crippen LogP contribution < -0.4 is 5.73 Å². The summed E-state index contributed by atoms with van der Waals surface area (Å²) in [6.45, 7) is 13.1. The van der Waals surface area contributed by atoms with Crippen molar-refractivity contribution in [1.82, 2.24) is 4.90 Å². The van der Waals surface area contributed by atoms with Crippen molar-refractivity contribution < 1.29 is 9.53 Å². The molecule has 2 fully saturated rings. The first-order valence-electron chi connectivity index (χ1n) is 8.94. The number of carbonyl (C=O) groups excluding carboxylic acids is 1. The third-order valence-electron chi connectivity index (χ3n) is 6.21. The number of carbonyl (C=O) groups is 1. The number of rotatable bonds is 4. The second kappa shape index (κ2) is 7.71. The van der Waals surface area contributed by atoms with Gasteiger partial charge in [-0.3, -0.25) is 4.79 Å². The summed E-state index contributed by atoms with van der Waals surface area (Å²) in [7, 11) is 0. The van der Waals surface area contributed by atoms with E-state index >= 15 is 0 Å². The minimum Gasteiger partial charge on any atom is -0.378 e. The molecular formula is C18H35ClN2O2. The van der Waals surface area contributed by atoms with E-state index in [0.717, 1.165) is 31.8 Å². The lowest BCUT2D eigenvalue weighted by Gasteiger charge is -2.58. The lowest BCUT2D eigenvalue weighted by Crippen LogP contribution is -2.76. The lowest BCUT2D eigenvalue weighted by atomic mass is 9.54. The van der Waals surface area contributed by atoms with E-state index in [1.165, 1.54) is 6.42 Å². The molecule has 23 heavy (non-hydrogen) atoms. The minimum atomic E-state index is -0.759. The normalized spacial score (nSPS) is 33.6. The van der Waals surface area contributed by atoms with Crippen LogP contribution in [0, 0.1) is 17.3 Å². The SMILES string of the molecule is CCOC1CC(N)(C(=O)N2CCCC(C(C)C)CC2)C1(C)C.Cl. The molecule has 3 atom stereocenters. The van der Waals surface area contributed by atoms with Crippen LogP contribution in [0.25, 0.3) is 0 Å². The second-order valence-electron chi connectivity index (χ2n) is 8.07. The summed E-state index contributed by atoms with van der Waals surface area (Å²) in [5, 5.41) is 0. The van der Waals surface area contributed by atoms with Crippen molar-refractivity contribution in [3.8, 4) is 0 Å². The maximum Gasteiger partial charge on any atom is 0.243 e. The van der Waals surface area contributed by atoms with Crippen LogP contribution in [-0.2, 0) is 9.53 Å². The van der Waals surface area contributed by atoms with Crippen LogP contribution in [0.15, 0.2) is 0 Å². The monoisotopic (exact) mass is 346 g/mol. The Bertz CT molecular complexity index is 414. The summed E-state index contributed by atoms with van der Waals surface area (Å²) in [5.74, 6) is 1.57. The average Bonchev–Trinajstić information content (AvgIpc) is 2.72. The average molecular weight is 347 g/mol. The number of nitrogens with two attached hydrogens (primary N) is 1. The van der Waals surface area contributed by atoms with E-state index in [9.17, 15) is 4.79 Å². The molecule has 1 saturated carbocycles. The molecule has 1 aliphatic carbocycles. The molecular weight excluding hydrogens is 312 g/mol. The van der Waals surface area contributed by atoms with Gasteiger partial charge < -0.3 is 15.4 Å². The summed E-state index contributed by atoms with van der Waals surface area (Å²) < 4.78 is 5.75. The Balaban J connectivity index is 0.00000264. The number of halogens is 1. The molecule has 0 spiro atoms. The molecule has 1 heterocycles. The zero-order chi connectivity index (χ0) is 16.5. The van der Waals surface area contributed by atoms with Gasteiger partial charge in [0.2, 0.25) is 5.91 Å². The topological polar surface area (TPSA) is 55.6 Å². The Kier molecular flexibility index (Phi) is 6.95. The van der Waals surface area contributed by atoms with Gasteiger partial charge in [0.15, 0.2) is 0 Å². The smallest absolute Gasteiger partial charge is 0.243 e. The van der Waals surface area contributed by atoms with Crippen molar-refractivity contribution >= 4 is 18.3 Å². The van der Waals surface area contributed by atoms with E-state index in [4.69, 9.17) is 10.5 Å². The van der Waals surface area contributed by atoms with Crippen molar-refractivity contribution in [2.45, 2.75) is 71.9 Å². The van der Waals surface area contributed by atoms with Crippen LogP contribution in [0.1, 0.15) is 60.3 Å². The molecule has 1 saturated heterocycles. The van der Waals surface area contributed by atoms with Gasteiger partial charge in [-0.05, 0) is 38.0 Å². The summed E-state index contributed by atoms with van der Waals surface area (Å²) in [4.78, 5) is 15.1. The Hall–Kier alpha value is -0.320. The van der Waals surface area contributed by atoms with Gasteiger partial charge >= 0.3 is 0 Å². The summed E-state index contributed by atoms with van der Waals surface area (Å²) in [6, 6.07) is 0. The number of likely N-dealkylation sites (tertiary alicyclic amines) is 1. The van der Waals surface area contributed by atoms with Crippen molar-refractivity contribution in [3.63, 3.8) is 0 Å². The largest absolute Gasteiger partial charge is 0.378 e. The Morgan fingerprint density at radius 3 is 2.48 bits per heavy atom. The van der Waals surface area contributed by atoms with E-state index in [2.05, 4.69) is 27.7 Å². The van der Waals surface area contributed by atoms with Gasteiger partial charge in [-0.1, -0.05) is 27.7 Å². The number of nitrogens with zero attached hydrogens (tertiary/aromatic N) is 1. The molecule has 3 unspecified atom stereocenters. The third-order valence-corrected chi connectivity index (χ3v) is 6.21. The predicted octanol–water partition coefficient (Wildman–Crippen LogP) is 3.23. The van der Waals surface area contributed by atoms with Crippen LogP contribution in [0.3, 0.4) is 0 Å². The zero-order valence-corrected chi connectivity index (χ0v) is 16.2. The summed E-state index contributed by atoms with van der Waals surface area (Å²) in [5.41, 5.74) is 5.50. The summed E-state index contributed by atoms with van der Waals surface area (Å²) >= 11 is 0. The fourth-order valence-electron chi connectivity index (χ4n) is 4.07. The van der Waals surface area contributed by atoms with Crippen LogP contribution in [-0.4, -0.2) is 42.1 Å². The predicted molar refractivity (Wildman–Crippen MR) is 96.7 cm³/mol. The van der Waals surface area contributed by atoms with E-state index < -0.39 is 5.54 Å². The van der Waals surface area contributed by atoms with Crippen LogP contribution in [0.2, 0.25) is 0 Å². The van der Waals surface area contributed by atoms with Crippen LogP contribution in [0.4, 0.5) is 0 Å². The lowest BCUT2D eigenvalue weighted by molar-refractivity contribution is -0.179. The van der Waals surface area contributed by atoms with Gasteiger partial charge in [-0.2, -0.15) is 0 Å². The van der Waals surface area contributed by atoms with E-state index in [-0.39, 0.29) is 29.8 Å². The zero-order valence-electron chi connectivity index (χ0n) is 15.4. The van der Waals surface area contributed by atoms with E-state index in [0.29, 0.717) is 18.9 Å². The maximum absolute atomic E-state index is 13.0. The van der Waals surface area contributed by atoms with E-state index in [1.807, 2.05) is 11.8 Å². The molecule has 0 aromatic carbocycles. The molecule has 0 bridgehead atoms. The molecule has 0 aromatic heterocycles. The number of hydrogen-bond donors (Lipinski definition) is 1. The van der Waals surface area contributed by atoms with Crippen molar-refractivity contribution in [2.75, 3.05) is 19.7 Å². The molecule has 0 radical (unpaired) electrons. The molecule has 0 aromatic rings. The van der Waals surface area contributed by atoms with Gasteiger partial charge in [0.1, 0.15) is 5.54 Å². The van der Waals surface area contributed by atoms with Gasteiger partial charge in [0.25, 0.3) is 0 Å². The van der Waals surface area contributed by atoms with Gasteiger partial charge in [-0.15, -0.1) is 12.4 Å². The van der Waals surface area contributed by atoms with Crippen LogP contribution >= 0.6 is 12.4 Å². The Morgan fingerprint density at radius 2 is 1.96 bits per heavy atom. The first-order valence-corrected chi connectivity index (χ1v) is 8.94. The fourth-order valence-corrected chi connectivity index (χ4v) is 4.07. The maximum atomic E-state index is 13.0. The molecule has 2 N–H and O–H groups in total. The first kappa shape index (κ1) is 20.7. The van der Waals surface area contributed by atoms with Crippen molar-refractivity contribution in [1.29, 1.82) is 0 Å². The number of ether oxygens (including phenoxy) is 1. The molecule has 4 nitrogen and oxygen atoms in total. The third kappa shape index (κ3) is 3.69. The number of amides is 1. The van der Waals surface area contributed by atoms with Gasteiger partial charge in [0, 0.05) is 31.5 Å². The molecule has 1 amide bonds. The highest BCUT2D eigenvalue weighted by molar-refractivity contribution is 5.89. The summed E-state index contributed by atoms with van der Waals surface area (Å²) in [6.07, 6.45) is 4.18. The van der Waals surface area contributed by atoms with Crippen LogP contribution in [0.5, 0.6) is 0 Å². The number of hydrogen-bond acceptors (Lipinski definition) is 3. The molecule has 1 aliphatic heterocycles. The standard InChI is InChI=1S/C18H34N2O2.ClH/c1-6-22-15-12-18(19,17(15,4)5)16(21)20-10-7-8-14(9-11-20)13(2)3;/h13-15H,6-12,19H2,1-5H3;1H. The minimum absolute atomic E-state index is 0. The molecule has 2 rings (SSSR count). The highest BCUT2D eigenvalue weighted by Gasteiger charge is 2.63. The fraction of sp³-hybridized carbons (Fsp3) is 0.944. The first-order chi connectivity index (χ1) is 10.2. The molecule has 5 heteroatoms. The highest BCUT2D eigenvalue weighted by atomic mass is 35.5. The molecule has 2 aliphatic rings. The van der Waals surface area contributed by atoms with Crippen molar-refractivity contribution in [2.24, 2.45) is 23.0 Å². The van der Waals surface area contributed by atoms with Crippen molar-refractivity contribution in [3.05, 3.63) is 0 Å². The van der Waals surface area contributed by atoms with Gasteiger partial charge in [-0.25, -0.2) is 0 Å². The Labute approximate surface area is 147 Å². The van der Waals surface area contributed by atoms with Gasteiger partial charge in [0.05, 0.1) is 6.10 Å². The Morgan fingerprint density at radius 1 is 1.30 bits per heavy atom. The second-order valence-corrected chi connectivity index (χ2v) is 8.07. The van der Waals surface area contributed by atoms with E-state index in [1.54, 1.807) is 0 Å². The molecule has 136 valence electrons. The quantitative estimate of drug-likeness (QED) is 0.850.